The van der Waals surface area contributed by atoms with Crippen LogP contribution in [0.2, 0.25) is 0 Å². The normalized spacial score (nSPS) is 18.7. The monoisotopic (exact) mass is 476 g/mol. The Kier molecular flexibility index (Phi) is 8.20. The van der Waals surface area contributed by atoms with Crippen molar-refractivity contribution in [2.24, 2.45) is 5.92 Å². The molecule has 2 N–H and O–H groups in total. The highest BCUT2D eigenvalue weighted by Crippen LogP contribution is 2.37. The van der Waals surface area contributed by atoms with Gasteiger partial charge in [0, 0.05) is 31.2 Å². The first-order valence-corrected chi connectivity index (χ1v) is 12.1. The van der Waals surface area contributed by atoms with Crippen molar-refractivity contribution in [3.05, 3.63) is 66.2 Å². The molecule has 9 nitrogen and oxygen atoms in total. The summed E-state index contributed by atoms with van der Waals surface area (Å²) in [4.78, 5) is 35.2. The number of benzene rings is 1. The summed E-state index contributed by atoms with van der Waals surface area (Å²) in [7, 11) is 4.26. The zero-order chi connectivity index (χ0) is 24.6. The maximum atomic E-state index is 12.4. The van der Waals surface area contributed by atoms with Crippen molar-refractivity contribution < 1.29 is 14.1 Å². The van der Waals surface area contributed by atoms with E-state index in [1.807, 2.05) is 6.07 Å². The summed E-state index contributed by atoms with van der Waals surface area (Å²) in [6, 6.07) is 16.5. The van der Waals surface area contributed by atoms with Gasteiger partial charge in [0.2, 0.25) is 11.7 Å². The maximum absolute atomic E-state index is 12.4. The summed E-state index contributed by atoms with van der Waals surface area (Å²) >= 11 is 0. The summed E-state index contributed by atoms with van der Waals surface area (Å²) in [5, 5.41) is 9.57. The molecule has 3 aromatic rings. The second kappa shape index (κ2) is 11.7. The second-order valence-corrected chi connectivity index (χ2v) is 9.14. The Labute approximate surface area is 205 Å². The van der Waals surface area contributed by atoms with Crippen molar-refractivity contribution >= 4 is 11.8 Å². The molecule has 1 fully saturated rings. The van der Waals surface area contributed by atoms with Crippen LogP contribution in [-0.2, 0) is 4.79 Å². The summed E-state index contributed by atoms with van der Waals surface area (Å²) in [6.07, 6.45) is 5.85. The van der Waals surface area contributed by atoms with Crippen LogP contribution in [-0.4, -0.2) is 58.5 Å². The van der Waals surface area contributed by atoms with Crippen LogP contribution in [0.3, 0.4) is 0 Å². The molecule has 1 saturated carbocycles. The van der Waals surface area contributed by atoms with Gasteiger partial charge in [-0.05, 0) is 63.4 Å². The number of nitrogens with zero attached hydrogens (tertiary/aromatic N) is 4. The largest absolute Gasteiger partial charge is 0.353 e. The van der Waals surface area contributed by atoms with Crippen LogP contribution in [0.15, 0.2) is 59.3 Å². The molecule has 184 valence electrons. The molecule has 0 aliphatic heterocycles. The van der Waals surface area contributed by atoms with Crippen molar-refractivity contribution in [3.63, 3.8) is 0 Å². The Balaban J connectivity index is 1.19. The zero-order valence-corrected chi connectivity index (χ0v) is 20.2. The Bertz CT molecular complexity index is 1090. The highest BCUT2D eigenvalue weighted by Gasteiger charge is 2.30. The number of aromatic nitrogens is 3. The Morgan fingerprint density at radius 1 is 1.06 bits per heavy atom. The molecule has 2 aromatic heterocycles. The zero-order valence-electron chi connectivity index (χ0n) is 20.2. The van der Waals surface area contributed by atoms with Crippen molar-refractivity contribution in [1.82, 2.24) is 30.7 Å². The summed E-state index contributed by atoms with van der Waals surface area (Å²) in [6.45, 7) is 0.192. The number of rotatable bonds is 9. The lowest BCUT2D eigenvalue weighted by molar-refractivity contribution is -0.122. The van der Waals surface area contributed by atoms with Gasteiger partial charge >= 0.3 is 11.8 Å². The molecular weight excluding hydrogens is 444 g/mol. The van der Waals surface area contributed by atoms with Crippen LogP contribution >= 0.6 is 0 Å². The molecule has 4 rings (SSSR count). The van der Waals surface area contributed by atoms with Gasteiger partial charge in [-0.25, -0.2) is 0 Å². The predicted octanol–water partition coefficient (Wildman–Crippen LogP) is 3.23. The van der Waals surface area contributed by atoms with Crippen LogP contribution in [0, 0.1) is 5.92 Å². The molecule has 1 atom stereocenters. The van der Waals surface area contributed by atoms with Gasteiger partial charge in [-0.15, -0.1) is 0 Å². The molecule has 2 heterocycles. The number of hydrogen-bond acceptors (Lipinski definition) is 7. The number of amides is 2. The van der Waals surface area contributed by atoms with Gasteiger partial charge in [-0.2, -0.15) is 4.98 Å². The Hall–Kier alpha value is -3.59. The quantitative estimate of drug-likeness (QED) is 0.487. The topological polar surface area (TPSA) is 113 Å². The van der Waals surface area contributed by atoms with E-state index in [0.29, 0.717) is 17.7 Å². The van der Waals surface area contributed by atoms with E-state index < -0.39 is 5.91 Å². The highest BCUT2D eigenvalue weighted by molar-refractivity contribution is 5.90. The number of pyridine rings is 1. The molecule has 2 amide bonds. The molecule has 1 aromatic carbocycles. The van der Waals surface area contributed by atoms with Crippen molar-refractivity contribution in [2.45, 2.75) is 44.2 Å². The van der Waals surface area contributed by atoms with Crippen LogP contribution in [0.25, 0.3) is 11.5 Å². The van der Waals surface area contributed by atoms with Gasteiger partial charge < -0.3 is 20.1 Å². The molecule has 0 bridgehead atoms. The van der Waals surface area contributed by atoms with E-state index in [4.69, 9.17) is 4.52 Å². The first kappa shape index (κ1) is 24.5. The SMILES string of the molecule is CN(C)C(c1ccccc1)C1CCC(NC(=O)CCNC(=O)c2nc(-c3ccccn3)no2)CC1. The highest BCUT2D eigenvalue weighted by atomic mass is 16.5. The van der Waals surface area contributed by atoms with E-state index in [0.717, 1.165) is 25.7 Å². The fraction of sp³-hybridized carbons (Fsp3) is 0.423. The summed E-state index contributed by atoms with van der Waals surface area (Å²) in [5.41, 5.74) is 1.86. The molecule has 1 aliphatic rings. The van der Waals surface area contributed by atoms with Gasteiger partial charge in [0.25, 0.3) is 0 Å². The molecule has 0 spiro atoms. The first-order chi connectivity index (χ1) is 17.0. The molecule has 9 heteroatoms. The molecular formula is C26H32N6O3. The first-order valence-electron chi connectivity index (χ1n) is 12.1. The van der Waals surface area contributed by atoms with E-state index >= 15 is 0 Å². The van der Waals surface area contributed by atoms with Crippen LogP contribution in [0.1, 0.15) is 54.4 Å². The Morgan fingerprint density at radius 2 is 1.80 bits per heavy atom. The van der Waals surface area contributed by atoms with Gasteiger partial charge in [-0.1, -0.05) is 41.6 Å². The third-order valence-electron chi connectivity index (χ3n) is 6.43. The fourth-order valence-corrected chi connectivity index (χ4v) is 4.80. The maximum Gasteiger partial charge on any atom is 0.316 e. The van der Waals surface area contributed by atoms with Crippen LogP contribution in [0.4, 0.5) is 0 Å². The van der Waals surface area contributed by atoms with Crippen molar-refractivity contribution in [2.75, 3.05) is 20.6 Å². The van der Waals surface area contributed by atoms with Crippen LogP contribution in [0.5, 0.6) is 0 Å². The lowest BCUT2D eigenvalue weighted by Gasteiger charge is -2.37. The number of carbonyl (C=O) groups is 2. The standard InChI is InChI=1S/C26H32N6O3/c1-32(2)23(18-8-4-3-5-9-18)19-11-13-20(14-12-19)29-22(33)15-17-28-25(34)26-30-24(31-35-26)21-10-6-7-16-27-21/h3-10,16,19-20,23H,11-15,17H2,1-2H3,(H,28,34)(H,29,33). The summed E-state index contributed by atoms with van der Waals surface area (Å²) < 4.78 is 5.02. The predicted molar refractivity (Wildman–Crippen MR) is 131 cm³/mol. The average Bonchev–Trinajstić information content (AvgIpc) is 3.37. The van der Waals surface area contributed by atoms with Gasteiger partial charge in [0.15, 0.2) is 0 Å². The fourth-order valence-electron chi connectivity index (χ4n) is 4.80. The van der Waals surface area contributed by atoms with E-state index in [1.165, 1.54) is 5.56 Å². The van der Waals surface area contributed by atoms with E-state index in [-0.39, 0.29) is 36.6 Å². The lowest BCUT2D eigenvalue weighted by atomic mass is 9.78. The summed E-state index contributed by atoms with van der Waals surface area (Å²) in [5.74, 6) is 0.0700. The molecule has 0 radical (unpaired) electrons. The third-order valence-corrected chi connectivity index (χ3v) is 6.43. The average molecular weight is 477 g/mol. The van der Waals surface area contributed by atoms with Crippen molar-refractivity contribution in [3.8, 4) is 11.5 Å². The molecule has 1 unspecified atom stereocenters. The smallest absolute Gasteiger partial charge is 0.316 e. The van der Waals surface area contributed by atoms with Crippen LogP contribution < -0.4 is 10.6 Å². The minimum Gasteiger partial charge on any atom is -0.353 e. The molecule has 0 saturated heterocycles. The number of nitrogens with one attached hydrogen (secondary N) is 2. The minimum absolute atomic E-state index is 0.0688. The van der Waals surface area contributed by atoms with Gasteiger partial charge in [0.1, 0.15) is 5.69 Å². The van der Waals surface area contributed by atoms with Gasteiger partial charge in [0.05, 0.1) is 0 Å². The number of carbonyl (C=O) groups excluding carboxylic acids is 2. The third kappa shape index (κ3) is 6.51. The van der Waals surface area contributed by atoms with E-state index in [2.05, 4.69) is 69.0 Å². The minimum atomic E-state index is -0.511. The lowest BCUT2D eigenvalue weighted by Crippen LogP contribution is -2.41. The Morgan fingerprint density at radius 3 is 2.49 bits per heavy atom. The molecule has 35 heavy (non-hydrogen) atoms. The van der Waals surface area contributed by atoms with Gasteiger partial charge in [-0.3, -0.25) is 14.6 Å². The second-order valence-electron chi connectivity index (χ2n) is 9.14. The van der Waals surface area contributed by atoms with E-state index in [9.17, 15) is 9.59 Å². The number of hydrogen-bond donors (Lipinski definition) is 2. The van der Waals surface area contributed by atoms with Crippen molar-refractivity contribution in [1.29, 1.82) is 0 Å². The van der Waals surface area contributed by atoms with E-state index in [1.54, 1.807) is 24.4 Å². The molecule has 1 aliphatic carbocycles.